The van der Waals surface area contributed by atoms with Crippen LogP contribution < -0.4 is 0 Å². The summed E-state index contributed by atoms with van der Waals surface area (Å²) >= 11 is 7.74. The second kappa shape index (κ2) is 11.2. The number of ketones is 1. The first-order chi connectivity index (χ1) is 18.6. The molecule has 5 rings (SSSR count). The molecule has 2 aromatic carbocycles. The summed E-state index contributed by atoms with van der Waals surface area (Å²) in [6.45, 7) is 6.15. The van der Waals surface area contributed by atoms with Gasteiger partial charge in [-0.3, -0.25) is 14.4 Å². The number of Topliss-reactive ketones (excluding diaryl/α,β-unsaturated/α-hetero) is 1. The van der Waals surface area contributed by atoms with Gasteiger partial charge in [-0.15, -0.1) is 11.3 Å². The second-order valence-electron chi connectivity index (χ2n) is 10.7. The number of rotatable bonds is 8. The van der Waals surface area contributed by atoms with Gasteiger partial charge in [0.2, 0.25) is 5.91 Å². The fraction of sp³-hybridized carbons (Fsp3) is 0.400. The van der Waals surface area contributed by atoms with E-state index in [0.29, 0.717) is 17.0 Å². The van der Waals surface area contributed by atoms with Gasteiger partial charge in [0.1, 0.15) is 6.04 Å². The van der Waals surface area contributed by atoms with Crippen LogP contribution in [0.3, 0.4) is 0 Å². The van der Waals surface area contributed by atoms with E-state index in [1.807, 2.05) is 50.5 Å². The first-order valence-corrected chi connectivity index (χ1v) is 14.5. The Kier molecular flexibility index (Phi) is 7.89. The maximum atomic E-state index is 13.9. The zero-order chi connectivity index (χ0) is 27.8. The van der Waals surface area contributed by atoms with Crippen LogP contribution in [0.4, 0.5) is 0 Å². The minimum absolute atomic E-state index is 0.0763. The maximum absolute atomic E-state index is 13.9. The molecule has 7 nitrogen and oxygen atoms in total. The van der Waals surface area contributed by atoms with Crippen molar-refractivity contribution in [2.75, 3.05) is 6.54 Å². The lowest BCUT2D eigenvalue weighted by Gasteiger charge is -2.35. The summed E-state index contributed by atoms with van der Waals surface area (Å²) in [5, 5.41) is 11.0. The van der Waals surface area contributed by atoms with E-state index in [9.17, 15) is 19.5 Å². The molecule has 0 aliphatic carbocycles. The molecule has 9 heteroatoms. The Morgan fingerprint density at radius 3 is 2.59 bits per heavy atom. The van der Waals surface area contributed by atoms with Crippen molar-refractivity contribution in [1.29, 1.82) is 0 Å². The number of carbonyl (C=O) groups excluding carboxylic acids is 3. The van der Waals surface area contributed by atoms with Crippen LogP contribution in [0.2, 0.25) is 5.02 Å². The number of β-amino-alcohol motifs (C(OH)–C–C–N with tert-alkyl or cyclic N) is 1. The molecule has 1 N–H and O–H groups in total. The monoisotopic (exact) mass is 565 g/mol. The van der Waals surface area contributed by atoms with Crippen LogP contribution in [-0.2, 0) is 22.6 Å². The minimum atomic E-state index is -0.775. The normalized spacial score (nSPS) is 19.6. The van der Waals surface area contributed by atoms with Gasteiger partial charge in [-0.1, -0.05) is 49.7 Å². The molecular weight excluding hydrogens is 534 g/mol. The first kappa shape index (κ1) is 27.5. The van der Waals surface area contributed by atoms with Crippen LogP contribution in [0.25, 0.3) is 10.4 Å². The van der Waals surface area contributed by atoms with Gasteiger partial charge in [0, 0.05) is 36.5 Å². The number of thiazole rings is 1. The Morgan fingerprint density at radius 1 is 1.18 bits per heavy atom. The van der Waals surface area contributed by atoms with Crippen molar-refractivity contribution < 1.29 is 19.5 Å². The molecule has 0 bridgehead atoms. The van der Waals surface area contributed by atoms with E-state index in [1.54, 1.807) is 34.4 Å². The number of amides is 2. The van der Waals surface area contributed by atoms with E-state index in [0.717, 1.165) is 27.3 Å². The van der Waals surface area contributed by atoms with Crippen LogP contribution in [-0.4, -0.2) is 62.2 Å². The third-order valence-electron chi connectivity index (χ3n) is 7.67. The summed E-state index contributed by atoms with van der Waals surface area (Å²) in [5.74, 6) is -0.766. The number of hydrogen-bond acceptors (Lipinski definition) is 6. The zero-order valence-electron chi connectivity index (χ0n) is 22.3. The van der Waals surface area contributed by atoms with Crippen molar-refractivity contribution in [3.05, 3.63) is 75.4 Å². The van der Waals surface area contributed by atoms with Gasteiger partial charge in [0.15, 0.2) is 5.78 Å². The Balaban J connectivity index is 1.28. The number of nitrogens with zero attached hydrogens (tertiary/aromatic N) is 3. The van der Waals surface area contributed by atoms with Crippen LogP contribution in [0.15, 0.2) is 48.0 Å². The molecule has 2 aliphatic heterocycles. The van der Waals surface area contributed by atoms with Crippen molar-refractivity contribution in [3.63, 3.8) is 0 Å². The Hall–Kier alpha value is -3.07. The highest BCUT2D eigenvalue weighted by molar-refractivity contribution is 7.13. The summed E-state index contributed by atoms with van der Waals surface area (Å²) in [6.07, 6.45) is 0.244. The molecule has 1 saturated heterocycles. The standard InChI is InChI=1S/C30H32ClN3O4S/c1-17(2)27(34-14-21-12-22(31)9-10-24(21)29(34)37)30(38)33-15-23(35)13-25(33)26(36)11-6-19-4-7-20(8-5-19)28-18(3)32-16-39-28/h4-5,7-10,12,16-17,23,25,27,35H,6,11,13-15H2,1-3H3/t23-,25?,27+/m1/s1. The molecule has 3 heterocycles. The second-order valence-corrected chi connectivity index (χ2v) is 12.0. The Morgan fingerprint density at radius 2 is 1.92 bits per heavy atom. The van der Waals surface area contributed by atoms with Crippen LogP contribution in [0.1, 0.15) is 53.9 Å². The quantitative estimate of drug-likeness (QED) is 0.419. The molecule has 204 valence electrons. The lowest BCUT2D eigenvalue weighted by Crippen LogP contribution is -2.54. The lowest BCUT2D eigenvalue weighted by molar-refractivity contribution is -0.142. The predicted octanol–water partition coefficient (Wildman–Crippen LogP) is 4.92. The molecule has 1 unspecified atom stereocenters. The first-order valence-electron chi connectivity index (χ1n) is 13.2. The van der Waals surface area contributed by atoms with Gasteiger partial charge in [0.05, 0.1) is 28.2 Å². The van der Waals surface area contributed by atoms with Gasteiger partial charge in [-0.25, -0.2) is 4.98 Å². The number of aliphatic hydroxyl groups excluding tert-OH is 1. The van der Waals surface area contributed by atoms with Crippen LogP contribution >= 0.6 is 22.9 Å². The number of aromatic nitrogens is 1. The Bertz CT molecular complexity index is 1400. The number of aryl methyl sites for hydroxylation is 2. The molecule has 2 amide bonds. The van der Waals surface area contributed by atoms with Crippen molar-refractivity contribution in [3.8, 4) is 10.4 Å². The van der Waals surface area contributed by atoms with Crippen molar-refractivity contribution >= 4 is 40.5 Å². The number of carbonyl (C=O) groups is 3. The molecular formula is C30H32ClN3O4S. The molecule has 2 aliphatic rings. The van der Waals surface area contributed by atoms with Gasteiger partial charge >= 0.3 is 0 Å². The predicted molar refractivity (Wildman–Crippen MR) is 152 cm³/mol. The highest BCUT2D eigenvalue weighted by Gasteiger charge is 2.45. The molecule has 0 saturated carbocycles. The summed E-state index contributed by atoms with van der Waals surface area (Å²) in [6, 6.07) is 11.8. The van der Waals surface area contributed by atoms with Crippen LogP contribution in [0.5, 0.6) is 0 Å². The van der Waals surface area contributed by atoms with Gasteiger partial charge in [-0.2, -0.15) is 0 Å². The molecule has 39 heavy (non-hydrogen) atoms. The van der Waals surface area contributed by atoms with E-state index in [4.69, 9.17) is 11.6 Å². The van der Waals surface area contributed by atoms with Crippen LogP contribution in [0, 0.1) is 12.8 Å². The number of aliphatic hydroxyl groups is 1. The number of likely N-dealkylation sites (tertiary alicyclic amines) is 1. The third-order valence-corrected chi connectivity index (χ3v) is 8.89. The number of benzene rings is 2. The lowest BCUT2D eigenvalue weighted by atomic mass is 9.98. The summed E-state index contributed by atoms with van der Waals surface area (Å²) in [7, 11) is 0. The van der Waals surface area contributed by atoms with Crippen molar-refractivity contribution in [1.82, 2.24) is 14.8 Å². The van der Waals surface area contributed by atoms with Gasteiger partial charge in [-0.05, 0) is 54.2 Å². The highest BCUT2D eigenvalue weighted by Crippen LogP contribution is 2.32. The van der Waals surface area contributed by atoms with Crippen molar-refractivity contribution in [2.45, 2.75) is 64.8 Å². The topological polar surface area (TPSA) is 90.8 Å². The molecule has 3 atom stereocenters. The average molecular weight is 566 g/mol. The van der Waals surface area contributed by atoms with E-state index in [-0.39, 0.29) is 49.4 Å². The van der Waals surface area contributed by atoms with E-state index in [1.165, 1.54) is 4.90 Å². The molecule has 3 aromatic rings. The summed E-state index contributed by atoms with van der Waals surface area (Å²) in [5.41, 5.74) is 6.29. The summed E-state index contributed by atoms with van der Waals surface area (Å²) < 4.78 is 0. The molecule has 0 spiro atoms. The zero-order valence-corrected chi connectivity index (χ0v) is 23.8. The molecule has 0 radical (unpaired) electrons. The van der Waals surface area contributed by atoms with E-state index in [2.05, 4.69) is 4.98 Å². The number of hydrogen-bond donors (Lipinski definition) is 1. The Labute approximate surface area is 237 Å². The van der Waals surface area contributed by atoms with Gasteiger partial charge in [0.25, 0.3) is 5.91 Å². The van der Waals surface area contributed by atoms with E-state index >= 15 is 0 Å². The smallest absolute Gasteiger partial charge is 0.255 e. The number of halogens is 1. The van der Waals surface area contributed by atoms with Gasteiger partial charge < -0.3 is 14.9 Å². The maximum Gasteiger partial charge on any atom is 0.255 e. The molecule has 1 aromatic heterocycles. The minimum Gasteiger partial charge on any atom is -0.391 e. The third kappa shape index (κ3) is 5.51. The molecule has 1 fully saturated rings. The fourth-order valence-electron chi connectivity index (χ4n) is 5.68. The van der Waals surface area contributed by atoms with Crippen molar-refractivity contribution in [2.24, 2.45) is 5.92 Å². The SMILES string of the molecule is Cc1ncsc1-c1ccc(CCC(=O)C2C[C@@H](O)CN2C(=O)[C@H](C(C)C)N2Cc3cc(Cl)ccc3C2=O)cc1. The summed E-state index contributed by atoms with van der Waals surface area (Å²) in [4.78, 5) is 49.0. The largest absolute Gasteiger partial charge is 0.391 e. The average Bonchev–Trinajstić information content (AvgIpc) is 3.59. The highest BCUT2D eigenvalue weighted by atomic mass is 35.5. The number of fused-ring (bicyclic) bond motifs is 1. The fourth-order valence-corrected chi connectivity index (χ4v) is 6.69. The van der Waals surface area contributed by atoms with E-state index < -0.39 is 18.2 Å².